The zero-order valence-electron chi connectivity index (χ0n) is 10.9. The molecule has 1 saturated carbocycles. The highest BCUT2D eigenvalue weighted by molar-refractivity contribution is 9.10. The molecule has 1 N–H and O–H groups in total. The van der Waals surface area contributed by atoms with Gasteiger partial charge in [0.2, 0.25) is 0 Å². The number of hydrogen-bond donors (Lipinski definition) is 1. The number of rotatable bonds is 4. The molecule has 4 heteroatoms. The van der Waals surface area contributed by atoms with Crippen molar-refractivity contribution in [1.29, 1.82) is 0 Å². The van der Waals surface area contributed by atoms with Crippen LogP contribution in [0.1, 0.15) is 31.4 Å². The van der Waals surface area contributed by atoms with Crippen LogP contribution in [0.5, 0.6) is 0 Å². The molecule has 1 fully saturated rings. The number of nitrogens with zero attached hydrogens (tertiary/aromatic N) is 2. The summed E-state index contributed by atoms with van der Waals surface area (Å²) in [5.74, 6) is 2.37. The Balaban J connectivity index is 2.01. The Bertz CT molecular complexity index is 576. The van der Waals surface area contributed by atoms with Gasteiger partial charge in [-0.2, -0.15) is 0 Å². The second kappa shape index (κ2) is 5.29. The van der Waals surface area contributed by atoms with Gasteiger partial charge >= 0.3 is 0 Å². The maximum Gasteiger partial charge on any atom is 0.161 e. The predicted octanol–water partition coefficient (Wildman–Crippen LogP) is 4.22. The van der Waals surface area contributed by atoms with Crippen LogP contribution in [0.2, 0.25) is 0 Å². The Hall–Kier alpha value is -1.42. The smallest absolute Gasteiger partial charge is 0.161 e. The van der Waals surface area contributed by atoms with E-state index in [1.54, 1.807) is 0 Å². The van der Waals surface area contributed by atoms with Crippen LogP contribution in [0.4, 0.5) is 5.82 Å². The fourth-order valence-electron chi connectivity index (χ4n) is 2.05. The van der Waals surface area contributed by atoms with Gasteiger partial charge in [-0.05, 0) is 31.9 Å². The van der Waals surface area contributed by atoms with E-state index in [2.05, 4.69) is 39.2 Å². The summed E-state index contributed by atoms with van der Waals surface area (Å²) < 4.78 is 1.07. The van der Waals surface area contributed by atoms with Crippen molar-refractivity contribution in [1.82, 2.24) is 9.97 Å². The van der Waals surface area contributed by atoms with Crippen molar-refractivity contribution in [2.45, 2.75) is 25.7 Å². The highest BCUT2D eigenvalue weighted by Crippen LogP contribution is 2.40. The molecule has 0 bridgehead atoms. The summed E-state index contributed by atoms with van der Waals surface area (Å²) in [4.78, 5) is 9.31. The molecule has 98 valence electrons. The molecule has 0 unspecified atom stereocenters. The topological polar surface area (TPSA) is 37.8 Å². The van der Waals surface area contributed by atoms with Gasteiger partial charge < -0.3 is 5.32 Å². The van der Waals surface area contributed by atoms with E-state index >= 15 is 0 Å². The Morgan fingerprint density at radius 2 is 1.95 bits per heavy atom. The van der Waals surface area contributed by atoms with Gasteiger partial charge in [0, 0.05) is 34.3 Å². The average Bonchev–Trinajstić information content (AvgIpc) is 3.24. The molecule has 0 amide bonds. The van der Waals surface area contributed by atoms with Crippen molar-refractivity contribution in [3.8, 4) is 11.4 Å². The Morgan fingerprint density at radius 3 is 2.58 bits per heavy atom. The number of hydrogen-bond acceptors (Lipinski definition) is 3. The average molecular weight is 318 g/mol. The summed E-state index contributed by atoms with van der Waals surface area (Å²) in [5.41, 5.74) is 2.23. The maximum atomic E-state index is 4.71. The van der Waals surface area contributed by atoms with E-state index in [4.69, 9.17) is 4.98 Å². The van der Waals surface area contributed by atoms with Crippen LogP contribution in [0.3, 0.4) is 0 Å². The van der Waals surface area contributed by atoms with Gasteiger partial charge in [-0.25, -0.2) is 9.97 Å². The summed E-state index contributed by atoms with van der Waals surface area (Å²) >= 11 is 3.45. The molecule has 2 aromatic rings. The second-order valence-corrected chi connectivity index (χ2v) is 5.73. The van der Waals surface area contributed by atoms with Crippen LogP contribution in [0, 0.1) is 0 Å². The molecule has 1 heterocycles. The Labute approximate surface area is 121 Å². The number of benzene rings is 1. The fourth-order valence-corrected chi connectivity index (χ4v) is 2.32. The van der Waals surface area contributed by atoms with E-state index in [0.717, 1.165) is 28.2 Å². The third kappa shape index (κ3) is 2.95. The van der Waals surface area contributed by atoms with Crippen molar-refractivity contribution in [3.05, 3.63) is 40.5 Å². The van der Waals surface area contributed by atoms with Gasteiger partial charge in [-0.3, -0.25) is 0 Å². The summed E-state index contributed by atoms with van der Waals surface area (Å²) in [7, 11) is 0. The predicted molar refractivity (Wildman–Crippen MR) is 81.3 cm³/mol. The largest absolute Gasteiger partial charge is 0.370 e. The Kier molecular flexibility index (Phi) is 3.51. The van der Waals surface area contributed by atoms with E-state index in [9.17, 15) is 0 Å². The summed E-state index contributed by atoms with van der Waals surface area (Å²) in [6.07, 6.45) is 2.50. The molecule has 3 rings (SSSR count). The first-order chi connectivity index (χ1) is 9.26. The molecule has 0 saturated heterocycles. The maximum absolute atomic E-state index is 4.71. The molecule has 0 spiro atoms. The van der Waals surface area contributed by atoms with Crippen LogP contribution in [-0.2, 0) is 0 Å². The molecule has 0 atom stereocenters. The van der Waals surface area contributed by atoms with Crippen LogP contribution in [0.15, 0.2) is 34.8 Å². The standard InChI is InChI=1S/C15H16BrN3/c1-2-17-14-9-13(10-3-4-10)18-15(19-14)11-5-7-12(16)8-6-11/h5-10H,2-4H2,1H3,(H,17,18,19). The van der Waals surface area contributed by atoms with Crippen LogP contribution >= 0.6 is 15.9 Å². The first kappa shape index (κ1) is 12.6. The van der Waals surface area contributed by atoms with Crippen LogP contribution in [-0.4, -0.2) is 16.5 Å². The Morgan fingerprint density at radius 1 is 1.21 bits per heavy atom. The lowest BCUT2D eigenvalue weighted by Crippen LogP contribution is -2.03. The molecule has 1 aliphatic carbocycles. The minimum absolute atomic E-state index is 0.634. The van der Waals surface area contributed by atoms with Gasteiger partial charge in [0.1, 0.15) is 5.82 Å². The SMILES string of the molecule is CCNc1cc(C2CC2)nc(-c2ccc(Br)cc2)n1. The number of aromatic nitrogens is 2. The molecule has 1 aromatic carbocycles. The first-order valence-electron chi connectivity index (χ1n) is 6.65. The zero-order chi connectivity index (χ0) is 13.2. The quantitative estimate of drug-likeness (QED) is 0.917. The normalized spacial score (nSPS) is 14.4. The highest BCUT2D eigenvalue weighted by atomic mass is 79.9. The monoisotopic (exact) mass is 317 g/mol. The van der Waals surface area contributed by atoms with Crippen LogP contribution < -0.4 is 5.32 Å². The van der Waals surface area contributed by atoms with Crippen molar-refractivity contribution < 1.29 is 0 Å². The molecular formula is C15H16BrN3. The molecular weight excluding hydrogens is 302 g/mol. The minimum Gasteiger partial charge on any atom is -0.370 e. The van der Waals surface area contributed by atoms with Gasteiger partial charge in [0.25, 0.3) is 0 Å². The van der Waals surface area contributed by atoms with Gasteiger partial charge in [-0.15, -0.1) is 0 Å². The van der Waals surface area contributed by atoms with Crippen molar-refractivity contribution >= 4 is 21.7 Å². The molecule has 0 radical (unpaired) electrons. The molecule has 1 aromatic heterocycles. The number of anilines is 1. The molecule has 3 nitrogen and oxygen atoms in total. The van der Waals surface area contributed by atoms with E-state index < -0.39 is 0 Å². The lowest BCUT2D eigenvalue weighted by Gasteiger charge is -2.08. The second-order valence-electron chi connectivity index (χ2n) is 4.81. The third-order valence-corrected chi connectivity index (χ3v) is 3.73. The summed E-state index contributed by atoms with van der Waals surface area (Å²) in [6.45, 7) is 2.96. The summed E-state index contributed by atoms with van der Waals surface area (Å²) in [5, 5.41) is 3.29. The number of nitrogens with one attached hydrogen (secondary N) is 1. The van der Waals surface area contributed by atoms with Gasteiger partial charge in [0.05, 0.1) is 0 Å². The van der Waals surface area contributed by atoms with Crippen LogP contribution in [0.25, 0.3) is 11.4 Å². The van der Waals surface area contributed by atoms with Crippen molar-refractivity contribution in [2.24, 2.45) is 0 Å². The molecule has 1 aliphatic rings. The van der Waals surface area contributed by atoms with E-state index in [1.807, 2.05) is 24.3 Å². The van der Waals surface area contributed by atoms with Crippen molar-refractivity contribution in [2.75, 3.05) is 11.9 Å². The number of halogens is 1. The third-order valence-electron chi connectivity index (χ3n) is 3.20. The molecule has 19 heavy (non-hydrogen) atoms. The fraction of sp³-hybridized carbons (Fsp3) is 0.333. The zero-order valence-corrected chi connectivity index (χ0v) is 12.4. The van der Waals surface area contributed by atoms with Crippen molar-refractivity contribution in [3.63, 3.8) is 0 Å². The highest BCUT2D eigenvalue weighted by Gasteiger charge is 2.26. The lowest BCUT2D eigenvalue weighted by molar-refractivity contribution is 0.988. The van der Waals surface area contributed by atoms with E-state index in [-0.39, 0.29) is 0 Å². The molecule has 0 aliphatic heterocycles. The summed E-state index contributed by atoms with van der Waals surface area (Å²) in [6, 6.07) is 10.2. The van der Waals surface area contributed by atoms with E-state index in [0.29, 0.717) is 5.92 Å². The van der Waals surface area contributed by atoms with Gasteiger partial charge in [-0.1, -0.05) is 28.1 Å². The van der Waals surface area contributed by atoms with Gasteiger partial charge in [0.15, 0.2) is 5.82 Å². The van der Waals surface area contributed by atoms with E-state index in [1.165, 1.54) is 18.5 Å². The first-order valence-corrected chi connectivity index (χ1v) is 7.44. The minimum atomic E-state index is 0.634. The lowest BCUT2D eigenvalue weighted by atomic mass is 10.2.